The summed E-state index contributed by atoms with van der Waals surface area (Å²) in [7, 11) is 0. The Labute approximate surface area is 162 Å². The maximum atomic E-state index is 12.4. The SMILES string of the molecule is Cc1ccc(NC(=O)Cc2ccc(N3CCCC3=O)cc2)cc1-n1cnnn1. The van der Waals surface area contributed by atoms with Gasteiger partial charge in [-0.3, -0.25) is 9.59 Å². The number of tetrazole rings is 1. The van der Waals surface area contributed by atoms with Crippen molar-refractivity contribution in [3.63, 3.8) is 0 Å². The number of nitrogens with zero attached hydrogens (tertiary/aromatic N) is 5. The highest BCUT2D eigenvalue weighted by Crippen LogP contribution is 2.22. The second-order valence-corrected chi connectivity index (χ2v) is 6.80. The standard InChI is InChI=1S/C20H20N6O2/c1-14-4-7-16(12-18(14)26-13-21-23-24-26)22-19(27)11-15-5-8-17(9-6-15)25-10-2-3-20(25)28/h4-9,12-13H,2-3,10-11H2,1H3,(H,22,27). The minimum absolute atomic E-state index is 0.114. The van der Waals surface area contributed by atoms with E-state index in [1.807, 2.05) is 49.4 Å². The lowest BCUT2D eigenvalue weighted by atomic mass is 10.1. The number of nitrogens with one attached hydrogen (secondary N) is 1. The maximum Gasteiger partial charge on any atom is 0.228 e. The lowest BCUT2D eigenvalue weighted by Gasteiger charge is -2.16. The van der Waals surface area contributed by atoms with E-state index in [2.05, 4.69) is 20.8 Å². The predicted molar refractivity (Wildman–Crippen MR) is 104 cm³/mol. The second-order valence-electron chi connectivity index (χ2n) is 6.80. The molecule has 2 aromatic carbocycles. The van der Waals surface area contributed by atoms with E-state index >= 15 is 0 Å². The van der Waals surface area contributed by atoms with Gasteiger partial charge in [-0.25, -0.2) is 4.68 Å². The highest BCUT2D eigenvalue weighted by Gasteiger charge is 2.21. The summed E-state index contributed by atoms with van der Waals surface area (Å²) in [5.74, 6) is 0.0415. The van der Waals surface area contributed by atoms with Crippen LogP contribution < -0.4 is 10.2 Å². The monoisotopic (exact) mass is 376 g/mol. The zero-order chi connectivity index (χ0) is 19.5. The average Bonchev–Trinajstić information content (AvgIpc) is 3.36. The van der Waals surface area contributed by atoms with Gasteiger partial charge in [0.15, 0.2) is 0 Å². The number of hydrogen-bond acceptors (Lipinski definition) is 5. The van der Waals surface area contributed by atoms with Crippen LogP contribution in [0.25, 0.3) is 5.69 Å². The van der Waals surface area contributed by atoms with Crippen molar-refractivity contribution in [1.82, 2.24) is 20.2 Å². The molecule has 142 valence electrons. The molecule has 1 aromatic heterocycles. The number of rotatable bonds is 5. The number of amides is 2. The maximum absolute atomic E-state index is 12.4. The van der Waals surface area contributed by atoms with Crippen LogP contribution in [0.15, 0.2) is 48.8 Å². The van der Waals surface area contributed by atoms with E-state index in [0.717, 1.165) is 35.5 Å². The number of aryl methyl sites for hydroxylation is 1. The molecule has 8 nitrogen and oxygen atoms in total. The molecule has 4 rings (SSSR count). The van der Waals surface area contributed by atoms with Gasteiger partial charge in [-0.05, 0) is 59.2 Å². The molecular formula is C20H20N6O2. The van der Waals surface area contributed by atoms with Crippen molar-refractivity contribution in [2.75, 3.05) is 16.8 Å². The first-order chi connectivity index (χ1) is 13.6. The fourth-order valence-corrected chi connectivity index (χ4v) is 3.31. The zero-order valence-electron chi connectivity index (χ0n) is 15.5. The highest BCUT2D eigenvalue weighted by atomic mass is 16.2. The number of anilines is 2. The highest BCUT2D eigenvalue weighted by molar-refractivity contribution is 5.95. The summed E-state index contributed by atoms with van der Waals surface area (Å²) in [4.78, 5) is 26.0. The van der Waals surface area contributed by atoms with E-state index in [0.29, 0.717) is 12.1 Å². The molecule has 1 aliphatic heterocycles. The van der Waals surface area contributed by atoms with E-state index < -0.39 is 0 Å². The van der Waals surface area contributed by atoms with Gasteiger partial charge in [-0.15, -0.1) is 5.10 Å². The molecule has 0 atom stereocenters. The van der Waals surface area contributed by atoms with Crippen molar-refractivity contribution >= 4 is 23.2 Å². The van der Waals surface area contributed by atoms with Crippen LogP contribution in [-0.4, -0.2) is 38.6 Å². The molecule has 0 radical (unpaired) electrons. The normalized spacial score (nSPS) is 13.8. The Morgan fingerprint density at radius 2 is 2.00 bits per heavy atom. The minimum atomic E-state index is -0.114. The fraction of sp³-hybridized carbons (Fsp3) is 0.250. The lowest BCUT2D eigenvalue weighted by Crippen LogP contribution is -2.23. The fourth-order valence-electron chi connectivity index (χ4n) is 3.31. The van der Waals surface area contributed by atoms with Gasteiger partial charge in [0.25, 0.3) is 0 Å². The first-order valence-corrected chi connectivity index (χ1v) is 9.13. The predicted octanol–water partition coefficient (Wildman–Crippen LogP) is 2.28. The van der Waals surface area contributed by atoms with Crippen molar-refractivity contribution in [1.29, 1.82) is 0 Å². The van der Waals surface area contributed by atoms with Crippen molar-refractivity contribution in [2.24, 2.45) is 0 Å². The van der Waals surface area contributed by atoms with Crippen LogP contribution in [0.1, 0.15) is 24.0 Å². The van der Waals surface area contributed by atoms with E-state index in [4.69, 9.17) is 0 Å². The molecule has 8 heteroatoms. The molecular weight excluding hydrogens is 356 g/mol. The lowest BCUT2D eigenvalue weighted by molar-refractivity contribution is -0.117. The summed E-state index contributed by atoms with van der Waals surface area (Å²) in [6.07, 6.45) is 3.27. The summed E-state index contributed by atoms with van der Waals surface area (Å²) in [5.41, 5.74) is 4.26. The second kappa shape index (κ2) is 7.59. The molecule has 0 spiro atoms. The van der Waals surface area contributed by atoms with Crippen molar-refractivity contribution in [3.05, 3.63) is 59.9 Å². The molecule has 0 unspecified atom stereocenters. The van der Waals surface area contributed by atoms with Crippen LogP contribution in [0, 0.1) is 6.92 Å². The first-order valence-electron chi connectivity index (χ1n) is 9.13. The van der Waals surface area contributed by atoms with E-state index in [9.17, 15) is 9.59 Å². The third-order valence-corrected chi connectivity index (χ3v) is 4.77. The third-order valence-electron chi connectivity index (χ3n) is 4.77. The van der Waals surface area contributed by atoms with Crippen LogP contribution in [0.3, 0.4) is 0 Å². The molecule has 1 saturated heterocycles. The van der Waals surface area contributed by atoms with E-state index in [-0.39, 0.29) is 18.2 Å². The molecule has 28 heavy (non-hydrogen) atoms. The molecule has 2 amide bonds. The number of carbonyl (C=O) groups is 2. The van der Waals surface area contributed by atoms with Gasteiger partial charge in [-0.2, -0.15) is 0 Å². The number of carbonyl (C=O) groups excluding carboxylic acids is 2. The van der Waals surface area contributed by atoms with Crippen LogP contribution in [0.4, 0.5) is 11.4 Å². The van der Waals surface area contributed by atoms with E-state index in [1.165, 1.54) is 6.33 Å². The van der Waals surface area contributed by atoms with Gasteiger partial charge in [0, 0.05) is 24.3 Å². The molecule has 1 fully saturated rings. The third kappa shape index (κ3) is 3.75. The molecule has 1 aliphatic rings. The summed E-state index contributed by atoms with van der Waals surface area (Å²) >= 11 is 0. The summed E-state index contributed by atoms with van der Waals surface area (Å²) in [5, 5.41) is 14.1. The van der Waals surface area contributed by atoms with Crippen LogP contribution in [-0.2, 0) is 16.0 Å². The zero-order valence-corrected chi connectivity index (χ0v) is 15.5. The van der Waals surface area contributed by atoms with Gasteiger partial charge < -0.3 is 10.2 Å². The van der Waals surface area contributed by atoms with E-state index in [1.54, 1.807) is 9.58 Å². The quantitative estimate of drug-likeness (QED) is 0.737. The summed E-state index contributed by atoms with van der Waals surface area (Å²) in [6, 6.07) is 13.2. The number of benzene rings is 2. The molecule has 0 aliphatic carbocycles. The van der Waals surface area contributed by atoms with Gasteiger partial charge in [0.1, 0.15) is 6.33 Å². The van der Waals surface area contributed by atoms with Gasteiger partial charge in [0.2, 0.25) is 11.8 Å². The summed E-state index contributed by atoms with van der Waals surface area (Å²) < 4.78 is 1.56. The Balaban J connectivity index is 1.42. The van der Waals surface area contributed by atoms with Crippen molar-refractivity contribution < 1.29 is 9.59 Å². The number of hydrogen-bond donors (Lipinski definition) is 1. The van der Waals surface area contributed by atoms with Crippen LogP contribution in [0.2, 0.25) is 0 Å². The van der Waals surface area contributed by atoms with Gasteiger partial charge in [0.05, 0.1) is 12.1 Å². The van der Waals surface area contributed by atoms with Crippen LogP contribution >= 0.6 is 0 Å². The minimum Gasteiger partial charge on any atom is -0.326 e. The molecule has 2 heterocycles. The molecule has 0 bridgehead atoms. The Hall–Kier alpha value is -3.55. The Morgan fingerprint density at radius 1 is 1.18 bits per heavy atom. The molecule has 0 saturated carbocycles. The first kappa shape index (κ1) is 17.8. The largest absolute Gasteiger partial charge is 0.326 e. The Kier molecular flexibility index (Phi) is 4.84. The summed E-state index contributed by atoms with van der Waals surface area (Å²) in [6.45, 7) is 2.71. The Bertz CT molecular complexity index is 998. The van der Waals surface area contributed by atoms with Gasteiger partial charge >= 0.3 is 0 Å². The van der Waals surface area contributed by atoms with Crippen molar-refractivity contribution in [2.45, 2.75) is 26.2 Å². The van der Waals surface area contributed by atoms with Gasteiger partial charge in [-0.1, -0.05) is 18.2 Å². The topological polar surface area (TPSA) is 93.0 Å². The van der Waals surface area contributed by atoms with Crippen LogP contribution in [0.5, 0.6) is 0 Å². The number of aromatic nitrogens is 4. The molecule has 3 aromatic rings. The smallest absolute Gasteiger partial charge is 0.228 e. The Morgan fingerprint density at radius 3 is 2.68 bits per heavy atom. The average molecular weight is 376 g/mol. The van der Waals surface area contributed by atoms with Crippen molar-refractivity contribution in [3.8, 4) is 5.69 Å². The molecule has 1 N–H and O–H groups in total.